The highest BCUT2D eigenvalue weighted by Crippen LogP contribution is 2.34. The predicted molar refractivity (Wildman–Crippen MR) is 188 cm³/mol. The third-order valence-electron chi connectivity index (χ3n) is 8.08. The predicted octanol–water partition coefficient (Wildman–Crippen LogP) is 3.99. The Labute approximate surface area is 300 Å². The van der Waals surface area contributed by atoms with Gasteiger partial charge in [-0.05, 0) is 71.8 Å². The molecule has 0 spiro atoms. The molecule has 1 aromatic heterocycles. The fourth-order valence-corrected chi connectivity index (χ4v) is 5.36. The van der Waals surface area contributed by atoms with Crippen molar-refractivity contribution in [2.75, 3.05) is 6.61 Å². The Kier molecular flexibility index (Phi) is 10.7. The van der Waals surface area contributed by atoms with Crippen LogP contribution in [0.5, 0.6) is 28.7 Å². The van der Waals surface area contributed by atoms with Crippen molar-refractivity contribution in [3.8, 4) is 40.1 Å². The van der Waals surface area contributed by atoms with E-state index in [2.05, 4.69) is 0 Å². The molecule has 0 amide bonds. The van der Waals surface area contributed by atoms with E-state index in [0.29, 0.717) is 16.7 Å². The van der Waals surface area contributed by atoms with E-state index in [9.17, 15) is 45.0 Å². The monoisotopic (exact) mass is 724 g/mol. The van der Waals surface area contributed by atoms with E-state index in [1.807, 2.05) is 0 Å². The second-order valence-electron chi connectivity index (χ2n) is 11.9. The number of hydrogen-bond donors (Lipinski definition) is 6. The van der Waals surface area contributed by atoms with Gasteiger partial charge >= 0.3 is 11.9 Å². The standard InChI is InChI=1S/C39H32O14/c40-24-9-1-21(2-10-24)5-15-33(45)49-20-32-36(47)37(48)38(53-34(46)16-6-22-3-11-25(41)12-4-22)39(52-32)50-27-17-28(43)35-29(44)19-30(51-31(35)18-27)23-7-13-26(42)14-8-23/h1-19,32,36-43,47-48H,20H2. The van der Waals surface area contributed by atoms with Crippen molar-refractivity contribution in [2.24, 2.45) is 0 Å². The number of hydrogen-bond acceptors (Lipinski definition) is 14. The topological polar surface area (TPSA) is 223 Å². The lowest BCUT2D eigenvalue weighted by Gasteiger charge is -2.41. The number of fused-ring (bicyclic) bond motifs is 1. The summed E-state index contributed by atoms with van der Waals surface area (Å²) in [4.78, 5) is 38.4. The molecule has 1 aliphatic rings. The highest BCUT2D eigenvalue weighted by atomic mass is 16.7. The molecule has 1 aliphatic heterocycles. The molecule has 0 bridgehead atoms. The zero-order valence-corrected chi connectivity index (χ0v) is 27.5. The van der Waals surface area contributed by atoms with Crippen molar-refractivity contribution < 1.29 is 63.6 Å². The zero-order valence-electron chi connectivity index (χ0n) is 27.5. The molecule has 6 N–H and O–H groups in total. The Bertz CT molecular complexity index is 2200. The number of esters is 2. The molecular weight excluding hydrogens is 692 g/mol. The van der Waals surface area contributed by atoms with Crippen molar-refractivity contribution in [1.82, 2.24) is 0 Å². The number of carbonyl (C=O) groups excluding carboxylic acids is 2. The van der Waals surface area contributed by atoms with Crippen LogP contribution < -0.4 is 10.2 Å². The SMILES string of the molecule is O=C(C=Cc1ccc(O)cc1)OCC1OC(Oc2cc(O)c3c(=O)cc(-c4ccc(O)cc4)oc3c2)C(OC(=O)C=Cc2ccc(O)cc2)C(O)C1O. The third-order valence-corrected chi connectivity index (χ3v) is 8.08. The maximum absolute atomic E-state index is 13.0. The van der Waals surface area contributed by atoms with Gasteiger partial charge in [-0.1, -0.05) is 24.3 Å². The molecule has 4 aromatic carbocycles. The Morgan fingerprint density at radius 2 is 1.28 bits per heavy atom. The first kappa shape index (κ1) is 36.2. The summed E-state index contributed by atoms with van der Waals surface area (Å²) in [6.07, 6.45) is -3.41. The lowest BCUT2D eigenvalue weighted by atomic mass is 9.99. The first-order valence-corrected chi connectivity index (χ1v) is 16.0. The van der Waals surface area contributed by atoms with Crippen LogP contribution >= 0.6 is 0 Å². The van der Waals surface area contributed by atoms with Crippen molar-refractivity contribution in [1.29, 1.82) is 0 Å². The summed E-state index contributed by atoms with van der Waals surface area (Å²) < 4.78 is 28.4. The first-order valence-electron chi connectivity index (χ1n) is 16.0. The fourth-order valence-electron chi connectivity index (χ4n) is 5.36. The van der Waals surface area contributed by atoms with Gasteiger partial charge in [0.25, 0.3) is 0 Å². The van der Waals surface area contributed by atoms with Crippen molar-refractivity contribution in [3.63, 3.8) is 0 Å². The van der Waals surface area contributed by atoms with Crippen LogP contribution in [0.2, 0.25) is 0 Å². The van der Waals surface area contributed by atoms with Gasteiger partial charge in [-0.3, -0.25) is 4.79 Å². The van der Waals surface area contributed by atoms with E-state index < -0.39 is 60.4 Å². The molecule has 2 heterocycles. The molecule has 5 unspecified atom stereocenters. The van der Waals surface area contributed by atoms with Gasteiger partial charge < -0.3 is 54.0 Å². The lowest BCUT2D eigenvalue weighted by Crippen LogP contribution is -2.61. The Balaban J connectivity index is 1.25. The molecule has 5 atom stereocenters. The average molecular weight is 725 g/mol. The van der Waals surface area contributed by atoms with Crippen LogP contribution in [-0.2, 0) is 23.8 Å². The van der Waals surface area contributed by atoms with Gasteiger partial charge in [0.15, 0.2) is 11.5 Å². The normalized spacial score (nSPS) is 20.1. The van der Waals surface area contributed by atoms with Crippen LogP contribution in [0, 0.1) is 0 Å². The van der Waals surface area contributed by atoms with E-state index >= 15 is 0 Å². The summed E-state index contributed by atoms with van der Waals surface area (Å²) in [5.41, 5.74) is 0.881. The van der Waals surface area contributed by atoms with Gasteiger partial charge in [0, 0.05) is 35.9 Å². The van der Waals surface area contributed by atoms with Gasteiger partial charge in [0.1, 0.15) is 70.4 Å². The zero-order chi connectivity index (χ0) is 37.6. The van der Waals surface area contributed by atoms with Crippen LogP contribution in [0.15, 0.2) is 112 Å². The highest BCUT2D eigenvalue weighted by Gasteiger charge is 2.48. The molecular formula is C39H32O14. The Morgan fingerprint density at radius 1 is 0.717 bits per heavy atom. The molecule has 5 aromatic rings. The third kappa shape index (κ3) is 8.83. The lowest BCUT2D eigenvalue weighted by molar-refractivity contribution is -0.281. The summed E-state index contributed by atoms with van der Waals surface area (Å²) in [6, 6.07) is 21.2. The van der Waals surface area contributed by atoms with Crippen LogP contribution in [0.3, 0.4) is 0 Å². The second kappa shape index (κ2) is 15.7. The van der Waals surface area contributed by atoms with E-state index in [0.717, 1.165) is 18.2 Å². The van der Waals surface area contributed by atoms with E-state index in [4.69, 9.17) is 23.4 Å². The fraction of sp³-hybridized carbons (Fsp3) is 0.154. The van der Waals surface area contributed by atoms with E-state index in [-0.39, 0.29) is 39.7 Å². The number of benzene rings is 4. The number of aliphatic hydroxyl groups excluding tert-OH is 2. The average Bonchev–Trinajstić information content (AvgIpc) is 3.13. The molecule has 1 fully saturated rings. The number of carbonyl (C=O) groups is 2. The Morgan fingerprint density at radius 3 is 1.89 bits per heavy atom. The molecule has 1 saturated heterocycles. The Hall–Kier alpha value is -6.61. The summed E-state index contributed by atoms with van der Waals surface area (Å²) in [5.74, 6) is -2.32. The minimum atomic E-state index is -1.84. The molecule has 6 rings (SSSR count). The summed E-state index contributed by atoms with van der Waals surface area (Å²) >= 11 is 0. The number of aromatic hydroxyl groups is 4. The van der Waals surface area contributed by atoms with Gasteiger partial charge in [-0.15, -0.1) is 0 Å². The van der Waals surface area contributed by atoms with Crippen molar-refractivity contribution >= 4 is 35.1 Å². The van der Waals surface area contributed by atoms with E-state index in [1.165, 1.54) is 84.9 Å². The maximum atomic E-state index is 13.0. The quantitative estimate of drug-likeness (QED) is 0.0886. The van der Waals surface area contributed by atoms with Gasteiger partial charge in [0.05, 0.1) is 0 Å². The molecule has 0 saturated carbocycles. The van der Waals surface area contributed by atoms with Gasteiger partial charge in [-0.25, -0.2) is 9.59 Å². The summed E-state index contributed by atoms with van der Waals surface area (Å²) in [5, 5.41) is 61.4. The highest BCUT2D eigenvalue weighted by molar-refractivity contribution is 5.88. The van der Waals surface area contributed by atoms with Crippen molar-refractivity contribution in [3.05, 3.63) is 124 Å². The molecule has 14 heteroatoms. The smallest absolute Gasteiger partial charge is 0.331 e. The van der Waals surface area contributed by atoms with Gasteiger partial charge in [0.2, 0.25) is 6.29 Å². The number of phenols is 4. The van der Waals surface area contributed by atoms with Crippen LogP contribution in [0.4, 0.5) is 0 Å². The molecule has 0 aliphatic carbocycles. The first-order chi connectivity index (χ1) is 25.4. The number of rotatable bonds is 10. The maximum Gasteiger partial charge on any atom is 0.331 e. The molecule has 14 nitrogen and oxygen atoms in total. The number of phenolic OH excluding ortho intramolecular Hbond substituents is 4. The van der Waals surface area contributed by atoms with Crippen LogP contribution in [-0.4, -0.2) is 79.9 Å². The van der Waals surface area contributed by atoms with Crippen LogP contribution in [0.25, 0.3) is 34.4 Å². The molecule has 0 radical (unpaired) electrons. The minimum absolute atomic E-state index is 0.00489. The summed E-state index contributed by atoms with van der Waals surface area (Å²) in [6.45, 7) is -0.577. The van der Waals surface area contributed by atoms with E-state index in [1.54, 1.807) is 12.1 Å². The minimum Gasteiger partial charge on any atom is -0.508 e. The largest absolute Gasteiger partial charge is 0.508 e. The molecule has 53 heavy (non-hydrogen) atoms. The molecule has 272 valence electrons. The van der Waals surface area contributed by atoms with Gasteiger partial charge in [-0.2, -0.15) is 0 Å². The second-order valence-corrected chi connectivity index (χ2v) is 11.9. The number of ether oxygens (including phenoxy) is 4. The number of aliphatic hydroxyl groups is 2. The van der Waals surface area contributed by atoms with Crippen molar-refractivity contribution in [2.45, 2.75) is 30.7 Å². The summed E-state index contributed by atoms with van der Waals surface area (Å²) in [7, 11) is 0. The van der Waals surface area contributed by atoms with Crippen LogP contribution in [0.1, 0.15) is 11.1 Å².